The Morgan fingerprint density at radius 1 is 1.17 bits per heavy atom. The molecule has 0 atom stereocenters. The van der Waals surface area contributed by atoms with Gasteiger partial charge in [0.05, 0.1) is 6.61 Å². The summed E-state index contributed by atoms with van der Waals surface area (Å²) in [4.78, 5) is 0. The van der Waals surface area contributed by atoms with Crippen LogP contribution in [0.5, 0.6) is 0 Å². The first kappa shape index (κ1) is 11.9. The summed E-state index contributed by atoms with van der Waals surface area (Å²) in [6.07, 6.45) is 2.37. The molecule has 74 valence electrons. The van der Waals surface area contributed by atoms with E-state index >= 15 is 0 Å². The summed E-state index contributed by atoms with van der Waals surface area (Å²) in [6.45, 7) is 9.45. The third-order valence-electron chi connectivity index (χ3n) is 1.50. The molecule has 0 unspecified atom stereocenters. The smallest absolute Gasteiger partial charge is 0.0514 e. The molecule has 0 rings (SSSR count). The van der Waals surface area contributed by atoms with E-state index in [9.17, 15) is 0 Å². The summed E-state index contributed by atoms with van der Waals surface area (Å²) in [5.74, 6) is 0. The standard InChI is InChI=1S/C10H23NO/c1-10(2,3)9-12-8-6-5-7-11-4/h11H,5-9H2,1-4H3. The Balaban J connectivity index is 3.01. The zero-order valence-electron chi connectivity index (χ0n) is 8.94. The van der Waals surface area contributed by atoms with Crippen molar-refractivity contribution in [2.45, 2.75) is 33.6 Å². The SMILES string of the molecule is CNCCCCOCC(C)(C)C. The topological polar surface area (TPSA) is 21.3 Å². The first-order chi connectivity index (χ1) is 5.56. The van der Waals surface area contributed by atoms with Crippen LogP contribution in [-0.2, 0) is 4.74 Å². The van der Waals surface area contributed by atoms with Crippen molar-refractivity contribution in [1.29, 1.82) is 0 Å². The van der Waals surface area contributed by atoms with E-state index in [0.717, 1.165) is 26.2 Å². The molecular weight excluding hydrogens is 150 g/mol. The highest BCUT2D eigenvalue weighted by Gasteiger charge is 2.08. The van der Waals surface area contributed by atoms with Gasteiger partial charge >= 0.3 is 0 Å². The van der Waals surface area contributed by atoms with Crippen LogP contribution in [0.4, 0.5) is 0 Å². The number of hydrogen-bond acceptors (Lipinski definition) is 2. The molecule has 0 spiro atoms. The van der Waals surface area contributed by atoms with Gasteiger partial charge in [-0.05, 0) is 31.8 Å². The van der Waals surface area contributed by atoms with Gasteiger partial charge in [0.1, 0.15) is 0 Å². The average Bonchev–Trinajstić information content (AvgIpc) is 1.94. The summed E-state index contributed by atoms with van der Waals surface area (Å²) in [6, 6.07) is 0. The van der Waals surface area contributed by atoms with E-state index in [-0.39, 0.29) is 0 Å². The summed E-state index contributed by atoms with van der Waals surface area (Å²) < 4.78 is 5.52. The quantitative estimate of drug-likeness (QED) is 0.621. The van der Waals surface area contributed by atoms with Gasteiger partial charge < -0.3 is 10.1 Å². The number of rotatable bonds is 6. The van der Waals surface area contributed by atoms with E-state index < -0.39 is 0 Å². The fraction of sp³-hybridized carbons (Fsp3) is 1.00. The molecule has 0 aliphatic rings. The van der Waals surface area contributed by atoms with Crippen LogP contribution in [0, 0.1) is 5.41 Å². The van der Waals surface area contributed by atoms with Crippen LogP contribution >= 0.6 is 0 Å². The van der Waals surface area contributed by atoms with Crippen LogP contribution in [-0.4, -0.2) is 26.8 Å². The Kier molecular flexibility index (Phi) is 6.39. The van der Waals surface area contributed by atoms with E-state index in [1.165, 1.54) is 6.42 Å². The Hall–Kier alpha value is -0.0800. The van der Waals surface area contributed by atoms with Gasteiger partial charge in [-0.2, -0.15) is 0 Å². The molecule has 0 aromatic carbocycles. The molecule has 0 aliphatic heterocycles. The summed E-state index contributed by atoms with van der Waals surface area (Å²) >= 11 is 0. The number of nitrogens with one attached hydrogen (secondary N) is 1. The first-order valence-electron chi connectivity index (χ1n) is 4.78. The van der Waals surface area contributed by atoms with Crippen LogP contribution in [0.2, 0.25) is 0 Å². The largest absolute Gasteiger partial charge is 0.381 e. The third kappa shape index (κ3) is 9.92. The van der Waals surface area contributed by atoms with E-state index in [0.29, 0.717) is 5.41 Å². The van der Waals surface area contributed by atoms with Crippen LogP contribution < -0.4 is 5.32 Å². The van der Waals surface area contributed by atoms with Crippen molar-refractivity contribution < 1.29 is 4.74 Å². The third-order valence-corrected chi connectivity index (χ3v) is 1.50. The average molecular weight is 173 g/mol. The second-order valence-corrected chi connectivity index (χ2v) is 4.42. The molecule has 0 heterocycles. The van der Waals surface area contributed by atoms with Crippen molar-refractivity contribution in [1.82, 2.24) is 5.32 Å². The molecule has 0 saturated heterocycles. The van der Waals surface area contributed by atoms with Gasteiger partial charge in [0, 0.05) is 6.61 Å². The highest BCUT2D eigenvalue weighted by atomic mass is 16.5. The lowest BCUT2D eigenvalue weighted by atomic mass is 9.99. The molecule has 0 saturated carbocycles. The maximum absolute atomic E-state index is 5.52. The number of ether oxygens (including phenoxy) is 1. The zero-order valence-corrected chi connectivity index (χ0v) is 8.94. The molecule has 0 bridgehead atoms. The fourth-order valence-corrected chi connectivity index (χ4v) is 0.884. The lowest BCUT2D eigenvalue weighted by Crippen LogP contribution is -2.15. The van der Waals surface area contributed by atoms with Crippen LogP contribution in [0.3, 0.4) is 0 Å². The second-order valence-electron chi connectivity index (χ2n) is 4.42. The monoisotopic (exact) mass is 173 g/mol. The van der Waals surface area contributed by atoms with E-state index in [1.54, 1.807) is 0 Å². The molecule has 0 aliphatic carbocycles. The van der Waals surface area contributed by atoms with Gasteiger partial charge in [-0.15, -0.1) is 0 Å². The Bertz CT molecular complexity index is 96.5. The minimum atomic E-state index is 0.309. The molecular formula is C10H23NO. The van der Waals surface area contributed by atoms with Crippen LogP contribution in [0.15, 0.2) is 0 Å². The minimum absolute atomic E-state index is 0.309. The predicted molar refractivity (Wildman–Crippen MR) is 53.4 cm³/mol. The summed E-state index contributed by atoms with van der Waals surface area (Å²) in [7, 11) is 1.98. The maximum Gasteiger partial charge on any atom is 0.0514 e. The van der Waals surface area contributed by atoms with Crippen molar-refractivity contribution in [2.75, 3.05) is 26.8 Å². The van der Waals surface area contributed by atoms with Crippen LogP contribution in [0.25, 0.3) is 0 Å². The first-order valence-corrected chi connectivity index (χ1v) is 4.78. The molecule has 0 fully saturated rings. The van der Waals surface area contributed by atoms with Crippen molar-refractivity contribution >= 4 is 0 Å². The number of unbranched alkanes of at least 4 members (excludes halogenated alkanes) is 1. The van der Waals surface area contributed by atoms with Crippen LogP contribution in [0.1, 0.15) is 33.6 Å². The van der Waals surface area contributed by atoms with Gasteiger partial charge in [0.15, 0.2) is 0 Å². The van der Waals surface area contributed by atoms with E-state index in [4.69, 9.17) is 4.74 Å². The Labute approximate surface area is 76.7 Å². The Morgan fingerprint density at radius 3 is 2.33 bits per heavy atom. The molecule has 0 amide bonds. The lowest BCUT2D eigenvalue weighted by molar-refractivity contribution is 0.0690. The molecule has 2 nitrogen and oxygen atoms in total. The summed E-state index contributed by atoms with van der Waals surface area (Å²) in [5.41, 5.74) is 0.309. The summed E-state index contributed by atoms with van der Waals surface area (Å²) in [5, 5.41) is 3.12. The van der Waals surface area contributed by atoms with Gasteiger partial charge in [-0.25, -0.2) is 0 Å². The molecule has 0 aromatic rings. The predicted octanol–water partition coefficient (Wildman–Crippen LogP) is 2.05. The molecule has 2 heteroatoms. The van der Waals surface area contributed by atoms with Crippen molar-refractivity contribution in [3.05, 3.63) is 0 Å². The fourth-order valence-electron chi connectivity index (χ4n) is 0.884. The zero-order chi connectivity index (χ0) is 9.45. The van der Waals surface area contributed by atoms with Gasteiger partial charge in [0.25, 0.3) is 0 Å². The number of hydrogen-bond donors (Lipinski definition) is 1. The molecule has 1 N–H and O–H groups in total. The minimum Gasteiger partial charge on any atom is -0.381 e. The molecule has 12 heavy (non-hydrogen) atoms. The second kappa shape index (κ2) is 6.44. The van der Waals surface area contributed by atoms with Crippen molar-refractivity contribution in [3.8, 4) is 0 Å². The van der Waals surface area contributed by atoms with E-state index in [2.05, 4.69) is 26.1 Å². The van der Waals surface area contributed by atoms with E-state index in [1.807, 2.05) is 7.05 Å². The lowest BCUT2D eigenvalue weighted by Gasteiger charge is -2.17. The van der Waals surface area contributed by atoms with Crippen molar-refractivity contribution in [3.63, 3.8) is 0 Å². The molecule has 0 radical (unpaired) electrons. The van der Waals surface area contributed by atoms with Crippen molar-refractivity contribution in [2.24, 2.45) is 5.41 Å². The highest BCUT2D eigenvalue weighted by molar-refractivity contribution is 4.58. The van der Waals surface area contributed by atoms with Gasteiger partial charge in [0.2, 0.25) is 0 Å². The van der Waals surface area contributed by atoms with Gasteiger partial charge in [-0.1, -0.05) is 20.8 Å². The van der Waals surface area contributed by atoms with Gasteiger partial charge in [-0.3, -0.25) is 0 Å². The normalized spacial score (nSPS) is 12.0. The maximum atomic E-state index is 5.52. The highest BCUT2D eigenvalue weighted by Crippen LogP contribution is 2.12. The molecule has 0 aromatic heterocycles. The Morgan fingerprint density at radius 2 is 1.83 bits per heavy atom.